The van der Waals surface area contributed by atoms with Crippen molar-refractivity contribution in [2.24, 2.45) is 17.8 Å². The molecule has 1 aromatic heterocycles. The van der Waals surface area contributed by atoms with Crippen LogP contribution < -0.4 is 0 Å². The van der Waals surface area contributed by atoms with Crippen molar-refractivity contribution >= 4 is 34.5 Å². The fraction of sp³-hybridized carbons (Fsp3) is 0.655. The summed E-state index contributed by atoms with van der Waals surface area (Å²) in [5, 5.41) is 1.94. The first-order valence-electron chi connectivity index (χ1n) is 13.5. The van der Waals surface area contributed by atoms with Gasteiger partial charge in [0.1, 0.15) is 5.60 Å². The molecule has 2 amide bonds. The number of halogens is 1. The van der Waals surface area contributed by atoms with E-state index < -0.39 is 5.60 Å². The van der Waals surface area contributed by atoms with Gasteiger partial charge in [-0.2, -0.15) is 0 Å². The summed E-state index contributed by atoms with van der Waals surface area (Å²) in [7, 11) is 1.81. The second-order valence-corrected chi connectivity index (χ2v) is 12.6. The minimum absolute atomic E-state index is 0.0584. The molecule has 36 heavy (non-hydrogen) atoms. The van der Waals surface area contributed by atoms with Crippen LogP contribution >= 0.6 is 11.6 Å². The van der Waals surface area contributed by atoms with Crippen LogP contribution in [-0.4, -0.2) is 52.5 Å². The highest BCUT2D eigenvalue weighted by Gasteiger charge is 2.38. The highest BCUT2D eigenvalue weighted by atomic mass is 35.5. The van der Waals surface area contributed by atoms with Crippen molar-refractivity contribution in [2.75, 3.05) is 20.1 Å². The minimum Gasteiger partial charge on any atom is -0.444 e. The standard InChI is InChI=1S/C29H42ClN3O3/c1-18(2)15-25-26-22(23-16-21(30)11-12-24(23)31-26)13-14-33(25)27(34)20-9-7-19(8-10-20)17-32(6)28(35)36-29(3,4)5/h11-12,16,18-20,25,31H,7-10,13-15,17H2,1-6H3. The average Bonchev–Trinajstić information content (AvgIpc) is 3.16. The second kappa shape index (κ2) is 10.6. The lowest BCUT2D eigenvalue weighted by Crippen LogP contribution is -2.45. The van der Waals surface area contributed by atoms with Crippen molar-refractivity contribution in [1.29, 1.82) is 0 Å². The van der Waals surface area contributed by atoms with Crippen LogP contribution in [0.1, 0.15) is 84.0 Å². The SMILES string of the molecule is CC(C)CC1c2[nH]c3ccc(Cl)cc3c2CCN1C(=O)C1CCC(CN(C)C(=O)OC(C)(C)C)CC1. The number of nitrogens with zero attached hydrogens (tertiary/aromatic N) is 2. The summed E-state index contributed by atoms with van der Waals surface area (Å²) in [5.41, 5.74) is 3.11. The molecule has 1 fully saturated rings. The summed E-state index contributed by atoms with van der Waals surface area (Å²) in [6.45, 7) is 11.5. The van der Waals surface area contributed by atoms with Crippen molar-refractivity contribution in [2.45, 2.75) is 84.8 Å². The quantitative estimate of drug-likeness (QED) is 0.467. The van der Waals surface area contributed by atoms with Crippen LogP contribution in [0.3, 0.4) is 0 Å². The number of nitrogens with one attached hydrogen (secondary N) is 1. The van der Waals surface area contributed by atoms with Crippen molar-refractivity contribution in [3.05, 3.63) is 34.5 Å². The van der Waals surface area contributed by atoms with Crippen LogP contribution in [-0.2, 0) is 16.0 Å². The number of carbonyl (C=O) groups is 2. The molecule has 7 heteroatoms. The minimum atomic E-state index is -0.493. The molecule has 1 aliphatic carbocycles. The Balaban J connectivity index is 1.42. The number of carbonyl (C=O) groups excluding carboxylic acids is 2. The lowest BCUT2D eigenvalue weighted by molar-refractivity contribution is -0.140. The third-order valence-electron chi connectivity index (χ3n) is 7.62. The van der Waals surface area contributed by atoms with Gasteiger partial charge in [0.15, 0.2) is 0 Å². The Morgan fingerprint density at radius 1 is 1.19 bits per heavy atom. The molecule has 0 bridgehead atoms. The summed E-state index contributed by atoms with van der Waals surface area (Å²) >= 11 is 6.30. The molecule has 6 nitrogen and oxygen atoms in total. The van der Waals surface area contributed by atoms with Gasteiger partial charge in [0.05, 0.1) is 6.04 Å². The van der Waals surface area contributed by atoms with E-state index in [-0.39, 0.29) is 18.1 Å². The van der Waals surface area contributed by atoms with E-state index in [0.717, 1.165) is 55.6 Å². The zero-order valence-electron chi connectivity index (χ0n) is 22.7. The summed E-state index contributed by atoms with van der Waals surface area (Å²) < 4.78 is 5.50. The summed E-state index contributed by atoms with van der Waals surface area (Å²) in [6.07, 6.45) is 5.20. The zero-order chi connectivity index (χ0) is 26.2. The molecule has 0 radical (unpaired) electrons. The average molecular weight is 516 g/mol. The van der Waals surface area contributed by atoms with Gasteiger partial charge >= 0.3 is 6.09 Å². The van der Waals surface area contributed by atoms with Gasteiger partial charge in [-0.25, -0.2) is 4.79 Å². The predicted octanol–water partition coefficient (Wildman–Crippen LogP) is 6.97. The number of hydrogen-bond acceptors (Lipinski definition) is 3. The molecule has 1 aliphatic heterocycles. The zero-order valence-corrected chi connectivity index (χ0v) is 23.5. The van der Waals surface area contributed by atoms with Crippen LogP contribution in [0.15, 0.2) is 18.2 Å². The third-order valence-corrected chi connectivity index (χ3v) is 7.86. The number of benzene rings is 1. The van der Waals surface area contributed by atoms with E-state index in [9.17, 15) is 9.59 Å². The fourth-order valence-electron chi connectivity index (χ4n) is 5.92. The van der Waals surface area contributed by atoms with Gasteiger partial charge < -0.3 is 19.5 Å². The first kappa shape index (κ1) is 26.8. The maximum absolute atomic E-state index is 13.8. The Morgan fingerprint density at radius 3 is 2.53 bits per heavy atom. The monoisotopic (exact) mass is 515 g/mol. The second-order valence-electron chi connectivity index (χ2n) is 12.2. The first-order chi connectivity index (χ1) is 16.9. The Hall–Kier alpha value is -2.21. The third kappa shape index (κ3) is 6.01. The van der Waals surface area contributed by atoms with Gasteiger partial charge in [-0.1, -0.05) is 25.4 Å². The van der Waals surface area contributed by atoms with Crippen LogP contribution in [0.4, 0.5) is 4.79 Å². The summed E-state index contributed by atoms with van der Waals surface area (Å²) in [6, 6.07) is 6.09. The smallest absolute Gasteiger partial charge is 0.410 e. The Labute approximate surface area is 220 Å². The van der Waals surface area contributed by atoms with Crippen LogP contribution in [0.2, 0.25) is 5.02 Å². The fourth-order valence-corrected chi connectivity index (χ4v) is 6.09. The highest BCUT2D eigenvalue weighted by molar-refractivity contribution is 6.31. The topological polar surface area (TPSA) is 65.6 Å². The lowest BCUT2D eigenvalue weighted by Gasteiger charge is -2.40. The van der Waals surface area contributed by atoms with Gasteiger partial charge in [0.25, 0.3) is 0 Å². The highest BCUT2D eigenvalue weighted by Crippen LogP contribution is 2.41. The Kier molecular flexibility index (Phi) is 7.94. The van der Waals surface area contributed by atoms with Crippen molar-refractivity contribution in [1.82, 2.24) is 14.8 Å². The number of fused-ring (bicyclic) bond motifs is 3. The van der Waals surface area contributed by atoms with Gasteiger partial charge in [0.2, 0.25) is 5.91 Å². The molecule has 4 rings (SSSR count). The molecule has 1 unspecified atom stereocenters. The van der Waals surface area contributed by atoms with E-state index in [0.29, 0.717) is 24.3 Å². The van der Waals surface area contributed by atoms with E-state index in [1.165, 1.54) is 16.6 Å². The number of amides is 2. The van der Waals surface area contributed by atoms with E-state index in [2.05, 4.69) is 23.7 Å². The largest absolute Gasteiger partial charge is 0.444 e. The maximum Gasteiger partial charge on any atom is 0.410 e. The van der Waals surface area contributed by atoms with Gasteiger partial charge in [-0.05, 0) is 94.9 Å². The molecule has 2 heterocycles. The number of aromatic amines is 1. The number of ether oxygens (including phenoxy) is 1. The normalized spacial score (nSPS) is 22.6. The lowest BCUT2D eigenvalue weighted by atomic mass is 9.80. The molecule has 1 saturated carbocycles. The molecular weight excluding hydrogens is 474 g/mol. The molecular formula is C29H42ClN3O3. The van der Waals surface area contributed by atoms with Crippen molar-refractivity contribution < 1.29 is 14.3 Å². The van der Waals surface area contributed by atoms with Crippen molar-refractivity contribution in [3.63, 3.8) is 0 Å². The van der Waals surface area contributed by atoms with Gasteiger partial charge in [0, 0.05) is 47.7 Å². The molecule has 1 N–H and O–H groups in total. The number of hydrogen-bond donors (Lipinski definition) is 1. The molecule has 2 aliphatic rings. The summed E-state index contributed by atoms with van der Waals surface area (Å²) in [5.74, 6) is 1.24. The molecule has 0 saturated heterocycles. The van der Waals surface area contributed by atoms with Crippen LogP contribution in [0.5, 0.6) is 0 Å². The molecule has 1 aromatic carbocycles. The van der Waals surface area contributed by atoms with Crippen LogP contribution in [0.25, 0.3) is 10.9 Å². The Bertz CT molecular complexity index is 1100. The number of aromatic nitrogens is 1. The predicted molar refractivity (Wildman–Crippen MR) is 145 cm³/mol. The van der Waals surface area contributed by atoms with E-state index in [1.54, 1.807) is 11.9 Å². The summed E-state index contributed by atoms with van der Waals surface area (Å²) in [4.78, 5) is 33.7. The van der Waals surface area contributed by atoms with E-state index in [1.807, 2.05) is 39.0 Å². The molecule has 0 spiro atoms. The molecule has 198 valence electrons. The van der Waals surface area contributed by atoms with E-state index >= 15 is 0 Å². The van der Waals surface area contributed by atoms with E-state index in [4.69, 9.17) is 16.3 Å². The first-order valence-corrected chi connectivity index (χ1v) is 13.8. The van der Waals surface area contributed by atoms with Crippen molar-refractivity contribution in [3.8, 4) is 0 Å². The molecule has 2 aromatic rings. The number of H-pyrrole nitrogens is 1. The van der Waals surface area contributed by atoms with Gasteiger partial charge in [-0.3, -0.25) is 4.79 Å². The Morgan fingerprint density at radius 2 is 1.89 bits per heavy atom. The molecule has 1 atom stereocenters. The maximum atomic E-state index is 13.8. The number of rotatable bonds is 5. The van der Waals surface area contributed by atoms with Crippen LogP contribution in [0, 0.1) is 17.8 Å². The van der Waals surface area contributed by atoms with Gasteiger partial charge in [-0.15, -0.1) is 0 Å².